The van der Waals surface area contributed by atoms with E-state index in [2.05, 4.69) is 10.5 Å². The third kappa shape index (κ3) is 4.15. The van der Waals surface area contributed by atoms with Crippen molar-refractivity contribution in [2.45, 2.75) is 11.8 Å². The largest absolute Gasteiger partial charge is 0.496 e. The highest BCUT2D eigenvalue weighted by molar-refractivity contribution is 5.89. The highest BCUT2D eigenvalue weighted by atomic mass is 16.6. The Balaban J connectivity index is 1.56. The lowest BCUT2D eigenvalue weighted by Gasteiger charge is -2.18. The number of amides is 1. The first-order valence-electron chi connectivity index (χ1n) is 10.4. The number of nitrogens with zero attached hydrogens (tertiary/aromatic N) is 2. The molecule has 1 atom stereocenters. The van der Waals surface area contributed by atoms with Gasteiger partial charge in [-0.05, 0) is 17.5 Å². The Morgan fingerprint density at radius 1 is 1.03 bits per heavy atom. The Morgan fingerprint density at radius 2 is 1.61 bits per heavy atom. The SMILES string of the molecule is COc1cc(OC)c([N+](=O)[O-])cc1C=NNC(=O)C1CC1(c1ccccc1)c1ccccc1. The monoisotopic (exact) mass is 445 g/mol. The highest BCUT2D eigenvalue weighted by Gasteiger charge is 2.60. The molecular formula is C25H23N3O5. The maximum atomic E-state index is 13.0. The first kappa shape index (κ1) is 22.0. The molecule has 3 aromatic rings. The summed E-state index contributed by atoms with van der Waals surface area (Å²) in [6, 6.07) is 22.6. The molecule has 8 nitrogen and oxygen atoms in total. The Kier molecular flexibility index (Phi) is 6.08. The van der Waals surface area contributed by atoms with E-state index in [1.54, 1.807) is 0 Å². The molecule has 0 aromatic heterocycles. The molecule has 0 radical (unpaired) electrons. The minimum atomic E-state index is -0.549. The molecule has 0 saturated heterocycles. The standard InChI is InChI=1S/C25H23N3O5/c1-32-22-14-23(33-2)21(28(30)31)13-17(22)16-26-27-24(29)20-15-25(20,18-9-5-3-6-10-18)19-11-7-4-8-12-19/h3-14,16,20H,15H2,1-2H3,(H,27,29). The minimum Gasteiger partial charge on any atom is -0.496 e. The van der Waals surface area contributed by atoms with Gasteiger partial charge in [-0.25, -0.2) is 5.43 Å². The van der Waals surface area contributed by atoms with Crippen molar-refractivity contribution in [2.75, 3.05) is 14.2 Å². The van der Waals surface area contributed by atoms with Crippen molar-refractivity contribution in [2.24, 2.45) is 11.0 Å². The van der Waals surface area contributed by atoms with Crippen molar-refractivity contribution < 1.29 is 19.2 Å². The lowest BCUT2D eigenvalue weighted by Crippen LogP contribution is -2.25. The smallest absolute Gasteiger partial charge is 0.311 e. The molecule has 0 heterocycles. The summed E-state index contributed by atoms with van der Waals surface area (Å²) in [5.41, 5.74) is 4.46. The Hall–Kier alpha value is -4.20. The van der Waals surface area contributed by atoms with Crippen LogP contribution in [0.1, 0.15) is 23.1 Å². The van der Waals surface area contributed by atoms with Crippen molar-refractivity contribution in [3.05, 3.63) is 99.6 Å². The van der Waals surface area contributed by atoms with Crippen LogP contribution in [0.5, 0.6) is 11.5 Å². The van der Waals surface area contributed by atoms with Crippen molar-refractivity contribution >= 4 is 17.8 Å². The summed E-state index contributed by atoms with van der Waals surface area (Å²) < 4.78 is 10.3. The van der Waals surface area contributed by atoms with E-state index in [1.807, 2.05) is 60.7 Å². The summed E-state index contributed by atoms with van der Waals surface area (Å²) >= 11 is 0. The lowest BCUT2D eigenvalue weighted by molar-refractivity contribution is -0.385. The zero-order valence-electron chi connectivity index (χ0n) is 18.2. The zero-order chi connectivity index (χ0) is 23.4. The number of carbonyl (C=O) groups is 1. The van der Waals surface area contributed by atoms with Gasteiger partial charge in [-0.1, -0.05) is 60.7 Å². The van der Waals surface area contributed by atoms with Gasteiger partial charge in [-0.3, -0.25) is 14.9 Å². The number of methoxy groups -OCH3 is 2. The molecule has 168 valence electrons. The second-order valence-corrected chi connectivity index (χ2v) is 7.72. The van der Waals surface area contributed by atoms with E-state index in [4.69, 9.17) is 9.47 Å². The van der Waals surface area contributed by atoms with Crippen molar-refractivity contribution in [3.8, 4) is 11.5 Å². The summed E-state index contributed by atoms with van der Waals surface area (Å²) in [6.07, 6.45) is 2.00. The lowest BCUT2D eigenvalue weighted by atomic mass is 9.85. The first-order chi connectivity index (χ1) is 16.0. The third-order valence-corrected chi connectivity index (χ3v) is 5.96. The van der Waals surface area contributed by atoms with Gasteiger partial charge >= 0.3 is 5.69 Å². The summed E-state index contributed by atoms with van der Waals surface area (Å²) in [6.45, 7) is 0. The molecular weight excluding hydrogens is 422 g/mol. The fourth-order valence-corrected chi connectivity index (χ4v) is 4.25. The van der Waals surface area contributed by atoms with Crippen LogP contribution in [-0.4, -0.2) is 31.3 Å². The number of nitro benzene ring substituents is 1. The third-order valence-electron chi connectivity index (χ3n) is 5.96. The predicted molar refractivity (Wildman–Crippen MR) is 124 cm³/mol. The molecule has 33 heavy (non-hydrogen) atoms. The first-order valence-corrected chi connectivity index (χ1v) is 10.4. The van der Waals surface area contributed by atoms with Gasteiger partial charge < -0.3 is 9.47 Å². The maximum Gasteiger partial charge on any atom is 0.311 e. The van der Waals surface area contributed by atoms with E-state index < -0.39 is 10.3 Å². The predicted octanol–water partition coefficient (Wildman–Crippen LogP) is 4.07. The maximum absolute atomic E-state index is 13.0. The molecule has 1 N–H and O–H groups in total. The van der Waals surface area contributed by atoms with Crippen molar-refractivity contribution in [1.82, 2.24) is 5.43 Å². The molecule has 1 unspecified atom stereocenters. The second kappa shape index (κ2) is 9.12. The number of rotatable bonds is 8. The molecule has 0 bridgehead atoms. The van der Waals surface area contributed by atoms with Gasteiger partial charge in [0.2, 0.25) is 11.7 Å². The average molecular weight is 445 g/mol. The number of nitrogens with one attached hydrogen (secondary N) is 1. The molecule has 4 rings (SSSR count). The van der Waals surface area contributed by atoms with Crippen LogP contribution in [-0.2, 0) is 10.2 Å². The number of hydrazone groups is 1. The fourth-order valence-electron chi connectivity index (χ4n) is 4.25. The topological polar surface area (TPSA) is 103 Å². The van der Waals surface area contributed by atoms with Crippen molar-refractivity contribution in [1.29, 1.82) is 0 Å². The van der Waals surface area contributed by atoms with E-state index >= 15 is 0 Å². The molecule has 0 aliphatic heterocycles. The Bertz CT molecular complexity index is 1160. The molecule has 1 fully saturated rings. The van der Waals surface area contributed by atoms with E-state index in [1.165, 1.54) is 32.6 Å². The van der Waals surface area contributed by atoms with Crippen LogP contribution in [0.2, 0.25) is 0 Å². The van der Waals surface area contributed by atoms with Crippen LogP contribution >= 0.6 is 0 Å². The minimum absolute atomic E-state index is 0.0755. The van der Waals surface area contributed by atoms with Crippen LogP contribution in [0.3, 0.4) is 0 Å². The summed E-state index contributed by atoms with van der Waals surface area (Å²) in [7, 11) is 2.78. The Labute approximate surface area is 191 Å². The van der Waals surface area contributed by atoms with Crippen LogP contribution in [0.15, 0.2) is 77.9 Å². The quantitative estimate of drug-likeness (QED) is 0.320. The van der Waals surface area contributed by atoms with E-state index in [0.29, 0.717) is 17.7 Å². The van der Waals surface area contributed by atoms with Gasteiger partial charge in [0.25, 0.3) is 0 Å². The number of hydrogen-bond acceptors (Lipinski definition) is 6. The van der Waals surface area contributed by atoms with Crippen LogP contribution in [0.25, 0.3) is 0 Å². The normalized spacial score (nSPS) is 16.2. The molecule has 0 spiro atoms. The number of ether oxygens (including phenoxy) is 2. The van der Waals surface area contributed by atoms with Gasteiger partial charge in [-0.2, -0.15) is 5.10 Å². The van der Waals surface area contributed by atoms with E-state index in [9.17, 15) is 14.9 Å². The molecule has 1 aliphatic rings. The van der Waals surface area contributed by atoms with Gasteiger partial charge in [-0.15, -0.1) is 0 Å². The molecule has 1 amide bonds. The van der Waals surface area contributed by atoms with Crippen LogP contribution in [0, 0.1) is 16.0 Å². The average Bonchev–Trinajstić information content (AvgIpc) is 3.62. The number of benzene rings is 3. The van der Waals surface area contributed by atoms with Gasteiger partial charge in [0.05, 0.1) is 31.3 Å². The fraction of sp³-hybridized carbons (Fsp3) is 0.200. The summed E-state index contributed by atoms with van der Waals surface area (Å²) in [5, 5.41) is 15.4. The van der Waals surface area contributed by atoms with Crippen molar-refractivity contribution in [3.63, 3.8) is 0 Å². The second-order valence-electron chi connectivity index (χ2n) is 7.72. The highest BCUT2D eigenvalue weighted by Crippen LogP contribution is 2.58. The molecule has 1 aliphatic carbocycles. The Morgan fingerprint density at radius 3 is 2.12 bits per heavy atom. The van der Waals surface area contributed by atoms with E-state index in [-0.39, 0.29) is 23.3 Å². The van der Waals surface area contributed by atoms with Crippen LogP contribution in [0.4, 0.5) is 5.69 Å². The van der Waals surface area contributed by atoms with Gasteiger partial charge in [0.15, 0.2) is 0 Å². The number of hydrogen-bond donors (Lipinski definition) is 1. The number of carbonyl (C=O) groups excluding carboxylic acids is 1. The van der Waals surface area contributed by atoms with Gasteiger partial charge in [0.1, 0.15) is 5.75 Å². The number of nitro groups is 1. The van der Waals surface area contributed by atoms with Crippen LogP contribution < -0.4 is 14.9 Å². The molecule has 8 heteroatoms. The zero-order valence-corrected chi connectivity index (χ0v) is 18.2. The van der Waals surface area contributed by atoms with E-state index in [0.717, 1.165) is 11.1 Å². The molecule has 1 saturated carbocycles. The summed E-state index contributed by atoms with van der Waals surface area (Å²) in [4.78, 5) is 23.8. The van der Waals surface area contributed by atoms with Gasteiger partial charge in [0, 0.05) is 23.1 Å². The molecule has 3 aromatic carbocycles. The summed E-state index contributed by atoms with van der Waals surface area (Å²) in [5.74, 6) is -0.0937.